The minimum Gasteiger partial charge on any atom is -0.470 e. The molecule has 160 valence electrons. The van der Waals surface area contributed by atoms with Crippen LogP contribution in [0.3, 0.4) is 0 Å². The summed E-state index contributed by atoms with van der Waals surface area (Å²) in [4.78, 5) is 2.35. The summed E-state index contributed by atoms with van der Waals surface area (Å²) in [6.45, 7) is 5.11. The summed E-state index contributed by atoms with van der Waals surface area (Å²) in [5.74, 6) is -6.55. The van der Waals surface area contributed by atoms with Crippen molar-refractivity contribution in [3.63, 3.8) is 0 Å². The molecular formula is C13H14F11NOS. The Morgan fingerprint density at radius 3 is 1.44 bits per heavy atom. The van der Waals surface area contributed by atoms with E-state index in [-0.39, 0.29) is 11.8 Å². The van der Waals surface area contributed by atoms with Crippen molar-refractivity contribution in [2.75, 3.05) is 0 Å². The zero-order chi connectivity index (χ0) is 22.0. The number of ether oxygens (including phenoxy) is 1. The Balaban J connectivity index is 7.05. The van der Waals surface area contributed by atoms with Crippen LogP contribution in [0, 0.1) is 0 Å². The summed E-state index contributed by atoms with van der Waals surface area (Å²) in [5, 5.41) is -1.85. The van der Waals surface area contributed by atoms with Crippen molar-refractivity contribution in [2.24, 2.45) is 4.99 Å². The van der Waals surface area contributed by atoms with Crippen molar-refractivity contribution in [2.45, 2.75) is 63.5 Å². The molecule has 0 bridgehead atoms. The van der Waals surface area contributed by atoms with Crippen molar-refractivity contribution in [1.82, 2.24) is 0 Å². The predicted octanol–water partition coefficient (Wildman–Crippen LogP) is 6.49. The van der Waals surface area contributed by atoms with Gasteiger partial charge in [0, 0.05) is 5.25 Å². The molecule has 0 aromatic rings. The van der Waals surface area contributed by atoms with Crippen molar-refractivity contribution >= 4 is 17.0 Å². The van der Waals surface area contributed by atoms with E-state index in [0.29, 0.717) is 0 Å². The molecule has 0 aliphatic heterocycles. The fourth-order valence-corrected chi connectivity index (χ4v) is 2.22. The Morgan fingerprint density at radius 1 is 0.778 bits per heavy atom. The highest BCUT2D eigenvalue weighted by molar-refractivity contribution is 8.14. The molecule has 27 heavy (non-hydrogen) atoms. The van der Waals surface area contributed by atoms with Gasteiger partial charge in [-0.15, -0.1) is 0 Å². The molecule has 0 saturated heterocycles. The van der Waals surface area contributed by atoms with E-state index in [1.165, 1.54) is 27.7 Å². The van der Waals surface area contributed by atoms with E-state index < -0.39 is 52.3 Å². The van der Waals surface area contributed by atoms with E-state index >= 15 is 0 Å². The van der Waals surface area contributed by atoms with Gasteiger partial charge in [0.1, 0.15) is 5.70 Å². The van der Waals surface area contributed by atoms with E-state index in [4.69, 9.17) is 4.74 Å². The predicted molar refractivity (Wildman–Crippen MR) is 76.5 cm³/mol. The highest BCUT2D eigenvalue weighted by Gasteiger charge is 2.66. The number of hydrogen-bond donors (Lipinski definition) is 0. The molecule has 0 amide bonds. The van der Waals surface area contributed by atoms with Crippen LogP contribution in [0.2, 0.25) is 0 Å². The number of halogens is 11. The third-order valence-corrected chi connectivity index (χ3v) is 3.19. The normalized spacial score (nSPS) is 14.8. The first-order valence-electron chi connectivity index (χ1n) is 6.97. The zero-order valence-corrected chi connectivity index (χ0v) is 14.9. The van der Waals surface area contributed by atoms with Gasteiger partial charge in [-0.2, -0.15) is 48.3 Å². The summed E-state index contributed by atoms with van der Waals surface area (Å²) in [7, 11) is 0. The molecule has 0 aromatic carbocycles. The van der Waals surface area contributed by atoms with Crippen molar-refractivity contribution in [3.8, 4) is 0 Å². The first-order chi connectivity index (χ1) is 11.7. The van der Waals surface area contributed by atoms with Gasteiger partial charge in [0.2, 0.25) is 0 Å². The first kappa shape index (κ1) is 25.8. The summed E-state index contributed by atoms with van der Waals surface area (Å²) >= 11 is 0.280. The second-order valence-corrected chi connectivity index (χ2v) is 7.03. The molecule has 0 radical (unpaired) electrons. The van der Waals surface area contributed by atoms with E-state index in [9.17, 15) is 48.3 Å². The van der Waals surface area contributed by atoms with Crippen molar-refractivity contribution in [3.05, 3.63) is 11.3 Å². The molecule has 0 N–H and O–H groups in total. The van der Waals surface area contributed by atoms with Gasteiger partial charge in [0.15, 0.2) is 5.57 Å². The minimum absolute atomic E-state index is 0.280. The van der Waals surface area contributed by atoms with E-state index in [0.717, 1.165) is 0 Å². The highest BCUT2D eigenvalue weighted by Crippen LogP contribution is 2.50. The lowest BCUT2D eigenvalue weighted by atomic mass is 10.1. The Labute approximate surface area is 150 Å². The lowest BCUT2D eigenvalue weighted by Crippen LogP contribution is -2.42. The number of hydrogen-bond acceptors (Lipinski definition) is 3. The zero-order valence-electron chi connectivity index (χ0n) is 14.1. The van der Waals surface area contributed by atoms with Gasteiger partial charge in [-0.1, -0.05) is 25.6 Å². The van der Waals surface area contributed by atoms with Crippen LogP contribution < -0.4 is 0 Å². The van der Waals surface area contributed by atoms with Crippen LogP contribution in [0.4, 0.5) is 48.3 Å². The largest absolute Gasteiger partial charge is 0.470 e. The van der Waals surface area contributed by atoms with Crippen LogP contribution in [0.15, 0.2) is 16.3 Å². The second kappa shape index (κ2) is 8.43. The SMILES string of the molecule is CC(C)OC(=NC(=C(C(F)(F)F)C(F)(F)F)C(F)(F)C(F)(F)F)SC(C)C. The van der Waals surface area contributed by atoms with Crippen molar-refractivity contribution in [1.29, 1.82) is 0 Å². The lowest BCUT2D eigenvalue weighted by molar-refractivity contribution is -0.268. The molecule has 0 aliphatic rings. The molecule has 0 rings (SSSR count). The van der Waals surface area contributed by atoms with E-state index in [2.05, 4.69) is 4.99 Å². The highest BCUT2D eigenvalue weighted by atomic mass is 32.2. The van der Waals surface area contributed by atoms with Gasteiger partial charge in [0.05, 0.1) is 6.10 Å². The van der Waals surface area contributed by atoms with Crippen LogP contribution >= 0.6 is 11.8 Å². The van der Waals surface area contributed by atoms with Gasteiger partial charge in [-0.3, -0.25) is 0 Å². The molecule has 0 aromatic heterocycles. The van der Waals surface area contributed by atoms with Gasteiger partial charge in [0.25, 0.3) is 5.23 Å². The van der Waals surface area contributed by atoms with Crippen molar-refractivity contribution < 1.29 is 53.0 Å². The van der Waals surface area contributed by atoms with Gasteiger partial charge < -0.3 is 4.74 Å². The van der Waals surface area contributed by atoms with Crippen LogP contribution in [-0.2, 0) is 4.74 Å². The molecule has 0 aliphatic carbocycles. The van der Waals surface area contributed by atoms with Gasteiger partial charge in [-0.25, -0.2) is 4.99 Å². The third kappa shape index (κ3) is 7.37. The van der Waals surface area contributed by atoms with Gasteiger partial charge in [-0.05, 0) is 13.8 Å². The minimum atomic E-state index is -6.76. The van der Waals surface area contributed by atoms with Crippen LogP contribution in [0.1, 0.15) is 27.7 Å². The maximum Gasteiger partial charge on any atom is 0.459 e. The third-order valence-electron chi connectivity index (χ3n) is 2.33. The standard InChI is InChI=1S/C13H14F11NOS/c1-5(2)26-9(27-6(3)4)25-8(10(14,15)13(22,23)24)7(11(16,17)18)12(19,20)21/h5-6H,1-4H3. The Morgan fingerprint density at radius 2 is 1.19 bits per heavy atom. The molecule has 0 atom stereocenters. The Bertz CT molecular complexity index is 542. The van der Waals surface area contributed by atoms with Crippen LogP contribution in [0.5, 0.6) is 0 Å². The molecular weight excluding hydrogens is 427 g/mol. The van der Waals surface area contributed by atoms with E-state index in [1.807, 2.05) is 0 Å². The van der Waals surface area contributed by atoms with Crippen LogP contribution in [-0.4, -0.2) is 41.0 Å². The van der Waals surface area contributed by atoms with E-state index in [1.54, 1.807) is 0 Å². The average Bonchev–Trinajstić information content (AvgIpc) is 2.30. The maximum absolute atomic E-state index is 13.6. The molecule has 0 heterocycles. The molecule has 14 heteroatoms. The molecule has 0 saturated carbocycles. The number of alkyl halides is 11. The second-order valence-electron chi connectivity index (χ2n) is 5.50. The summed E-state index contributed by atoms with van der Waals surface area (Å²) in [6, 6.07) is 0. The molecule has 2 nitrogen and oxygen atoms in total. The number of allylic oxidation sites excluding steroid dienone is 2. The number of thioether (sulfide) groups is 1. The fourth-order valence-electron chi connectivity index (χ4n) is 1.42. The molecule has 0 unspecified atom stereocenters. The summed E-state index contributed by atoms with van der Waals surface area (Å²) in [5.41, 5.74) is -7.59. The monoisotopic (exact) mass is 441 g/mol. The molecule has 0 fully saturated rings. The fraction of sp³-hybridized carbons (Fsp3) is 0.769. The number of aliphatic imine (C=N–C) groups is 1. The summed E-state index contributed by atoms with van der Waals surface area (Å²) in [6.07, 6.45) is -20.9. The number of nitrogens with zero attached hydrogens (tertiary/aromatic N) is 1. The van der Waals surface area contributed by atoms with Crippen LogP contribution in [0.25, 0.3) is 0 Å². The summed E-state index contributed by atoms with van der Waals surface area (Å²) < 4.78 is 146. The smallest absolute Gasteiger partial charge is 0.459 e. The topological polar surface area (TPSA) is 21.6 Å². The Kier molecular flexibility index (Phi) is 8.05. The van der Waals surface area contributed by atoms with Gasteiger partial charge >= 0.3 is 24.5 Å². The number of rotatable bonds is 4. The lowest BCUT2D eigenvalue weighted by Gasteiger charge is -2.26. The Hall–Kier alpha value is -1.21. The molecule has 0 spiro atoms. The average molecular weight is 441 g/mol. The first-order valence-corrected chi connectivity index (χ1v) is 7.84. The quantitative estimate of drug-likeness (QED) is 0.283. The maximum atomic E-state index is 13.6.